The number of carbonyl (C=O) groups is 6. The lowest BCUT2D eigenvalue weighted by Gasteiger charge is -2.45. The van der Waals surface area contributed by atoms with E-state index in [1.807, 2.05) is 135 Å². The van der Waals surface area contributed by atoms with Crippen molar-refractivity contribution in [3.63, 3.8) is 0 Å². The molecule has 768 valence electrons. The summed E-state index contributed by atoms with van der Waals surface area (Å²) < 4.78 is 65.5. The average molecular weight is 1970 g/mol. The summed E-state index contributed by atoms with van der Waals surface area (Å²) in [5.41, 5.74) is 15.6. The van der Waals surface area contributed by atoms with E-state index in [4.69, 9.17) is 56.8 Å². The smallest absolute Gasteiger partial charge is 0.497 e. The van der Waals surface area contributed by atoms with Crippen LogP contribution in [0.2, 0.25) is 0 Å². The largest absolute Gasteiger partial charge is 0.519 e. The van der Waals surface area contributed by atoms with Crippen LogP contribution in [0, 0.1) is 49.4 Å². The monoisotopic (exact) mass is 1970 g/mol. The van der Waals surface area contributed by atoms with Crippen molar-refractivity contribution in [3.05, 3.63) is 357 Å². The summed E-state index contributed by atoms with van der Waals surface area (Å²) in [5, 5.41) is 0. The fraction of sp³-hybridized carbons (Fsp3) is 0.391. The molecule has 4 aliphatic carbocycles. The van der Waals surface area contributed by atoms with E-state index in [1.54, 1.807) is 45.6 Å². The van der Waals surface area contributed by atoms with Crippen LogP contribution in [0.25, 0.3) is 0 Å². The second-order valence-corrected chi connectivity index (χ2v) is 43.4. The molecule has 0 saturated heterocycles. The molecule has 0 aliphatic heterocycles. The van der Waals surface area contributed by atoms with E-state index in [-0.39, 0.29) is 51.8 Å². The van der Waals surface area contributed by atoms with Crippen LogP contribution < -0.4 is 56.8 Å². The number of rotatable bonds is 27. The molecule has 0 radical (unpaired) electrons. The molecule has 12 aromatic rings. The highest BCUT2D eigenvalue weighted by Gasteiger charge is 2.45. The molecule has 0 heterocycles. The lowest BCUT2D eigenvalue weighted by atomic mass is 9.59. The third kappa shape index (κ3) is 26.4. The van der Waals surface area contributed by atoms with Crippen molar-refractivity contribution >= 4 is 36.4 Å². The Kier molecular flexibility index (Phi) is 34.9. The van der Waals surface area contributed by atoms with E-state index >= 15 is 0 Å². The molecular weight excluding hydrogens is 1830 g/mol. The van der Waals surface area contributed by atoms with Gasteiger partial charge in [-0.1, -0.05) is 255 Å². The highest BCUT2D eigenvalue weighted by molar-refractivity contribution is 5.72. The van der Waals surface area contributed by atoms with Crippen molar-refractivity contribution in [2.75, 3.05) is 21.3 Å². The lowest BCUT2D eigenvalue weighted by Crippen LogP contribution is -2.35. The average Bonchev–Trinajstić information content (AvgIpc) is 0.769. The molecule has 0 aromatic heterocycles. The van der Waals surface area contributed by atoms with E-state index in [9.17, 15) is 28.8 Å². The van der Waals surface area contributed by atoms with Crippen molar-refractivity contribution in [3.8, 4) is 69.0 Å². The maximum atomic E-state index is 12.9. The Labute approximate surface area is 865 Å². The SMILES string of the molecule is COc1ccc(C2(C)CCC(C(C)C)C(c3ccc(OC(=O)Oc4ccc(C(C)(C)c5ccc(OC(C)=O)c(C)c5)cc4C)cc3)C2)cc1.COc1ccc(C2(C)CCC(C(C)C)C(c3ccc(OC(=O)Oc4ccc(C(C)(C)c5ccc(OC(C)=O)cc5)cc4)cc3)C2)cc1.COc1ccc(C2(C)CCC(C(C)C)C(c3ccc(OC(=O)Oc4ccc(C5(c6ccc(OC(C)=O)cc6)CCCCC5)cc4)cc3)C2)cc1.[HH]. The van der Waals surface area contributed by atoms with Crippen molar-refractivity contribution in [2.45, 2.75) is 265 Å². The van der Waals surface area contributed by atoms with Gasteiger partial charge in [0.1, 0.15) is 69.0 Å². The Morgan fingerprint density at radius 2 is 0.514 bits per heavy atom. The summed E-state index contributed by atoms with van der Waals surface area (Å²) >= 11 is 0. The van der Waals surface area contributed by atoms with E-state index in [0.717, 1.165) is 134 Å². The van der Waals surface area contributed by atoms with Gasteiger partial charge in [-0.25, -0.2) is 14.4 Å². The van der Waals surface area contributed by atoms with E-state index in [0.29, 0.717) is 105 Å². The number of methoxy groups -OCH3 is 3. The second-order valence-electron chi connectivity index (χ2n) is 43.4. The van der Waals surface area contributed by atoms with Gasteiger partial charge in [0, 0.05) is 38.4 Å². The zero-order chi connectivity index (χ0) is 105. The number of esters is 3. The van der Waals surface area contributed by atoms with Gasteiger partial charge in [-0.15, -0.1) is 0 Å². The van der Waals surface area contributed by atoms with Gasteiger partial charge in [0.2, 0.25) is 0 Å². The minimum absolute atomic E-state index is 0. The molecule has 146 heavy (non-hydrogen) atoms. The van der Waals surface area contributed by atoms with E-state index < -0.39 is 18.5 Å². The summed E-state index contributed by atoms with van der Waals surface area (Å²) in [5.74, 6) is 10.5. The highest BCUT2D eigenvalue weighted by atomic mass is 16.7. The third-order valence-corrected chi connectivity index (χ3v) is 31.9. The normalized spacial score (nSPS) is 20.2. The van der Waals surface area contributed by atoms with Gasteiger partial charge in [0.15, 0.2) is 0 Å². The van der Waals surface area contributed by atoms with Gasteiger partial charge in [-0.3, -0.25) is 14.4 Å². The van der Waals surface area contributed by atoms with Crippen molar-refractivity contribution in [1.29, 1.82) is 0 Å². The van der Waals surface area contributed by atoms with Crippen LogP contribution in [0.4, 0.5) is 14.4 Å². The summed E-state index contributed by atoms with van der Waals surface area (Å²) in [4.78, 5) is 72.6. The van der Waals surface area contributed by atoms with Crippen LogP contribution in [-0.4, -0.2) is 57.7 Å². The first-order valence-electron chi connectivity index (χ1n) is 51.8. The number of hydrogen-bond donors (Lipinski definition) is 0. The molecule has 9 atom stereocenters. The second kappa shape index (κ2) is 47.2. The number of benzene rings is 12. The Morgan fingerprint density at radius 1 is 0.281 bits per heavy atom. The fourth-order valence-corrected chi connectivity index (χ4v) is 23.1. The van der Waals surface area contributed by atoms with Gasteiger partial charge in [-0.2, -0.15) is 0 Å². The molecule has 12 aromatic carbocycles. The number of hydrogen-bond acceptors (Lipinski definition) is 18. The van der Waals surface area contributed by atoms with Gasteiger partial charge >= 0.3 is 36.4 Å². The standard InChI is InChI=1S/C44H50O6.C43H50O6.C41H46O6.H2/c1-30(2)40-25-28-43(4,33-11-19-36(47-5)20-12-33)29-41(40)32-9-17-38(18-10-32)49-42(46)50-39-23-15-35(16-24-39)44(26-7-6-8-27-44)34-13-21-37(22-14-34)48-31(3)45;1-27(2)37-22-23-43(8,32-12-18-35(46-9)19-13-32)26-38(37)31-10-16-36(17-11-31)48-41(45)49-40-21-15-34(25-29(40)4)42(6,7)33-14-20-39(28(3)24-33)47-30(5)44;1-27(2)37-24-25-41(6,32-14-18-33(44-7)19-15-32)26-38(37)29-8-16-35(17-9-29)46-39(43)47-36-22-12-31(13-23-36)40(4,5)30-10-20-34(21-11-30)45-28(3)42;/h9-24,30,40-41H,6-8,25-29H2,1-5H3;10-21,24-25,27,37-38H,22-23,26H2,1-9H3;8-23,27,37-38H,24-26H2,1-7H3;1H. The van der Waals surface area contributed by atoms with Crippen LogP contribution in [-0.2, 0) is 46.9 Å². The number of carbonyl (C=O) groups excluding carboxylic acids is 6. The molecule has 4 fully saturated rings. The minimum atomic E-state index is -0.782. The first kappa shape index (κ1) is 108. The first-order valence-corrected chi connectivity index (χ1v) is 51.8. The van der Waals surface area contributed by atoms with Crippen molar-refractivity contribution in [2.24, 2.45) is 35.5 Å². The van der Waals surface area contributed by atoms with Gasteiger partial charge in [0.25, 0.3) is 0 Å². The van der Waals surface area contributed by atoms with Gasteiger partial charge in [0.05, 0.1) is 21.3 Å². The summed E-state index contributed by atoms with van der Waals surface area (Å²) in [6.45, 7) is 37.6. The molecule has 18 nitrogen and oxygen atoms in total. The molecule has 4 aliphatic rings. The van der Waals surface area contributed by atoms with Gasteiger partial charge < -0.3 is 56.8 Å². The molecular formula is C128H148O18. The molecule has 0 N–H and O–H groups in total. The van der Waals surface area contributed by atoms with E-state index in [1.165, 1.54) is 71.7 Å². The summed E-state index contributed by atoms with van der Waals surface area (Å²) in [6, 6.07) is 91.6. The Balaban J connectivity index is 0.000000184. The molecule has 0 spiro atoms. The van der Waals surface area contributed by atoms with Crippen LogP contribution in [0.1, 0.15) is 298 Å². The number of aryl methyl sites for hydroxylation is 2. The zero-order valence-electron chi connectivity index (χ0n) is 89.0. The minimum Gasteiger partial charge on any atom is -0.497 e. The molecule has 0 amide bonds. The molecule has 0 bridgehead atoms. The lowest BCUT2D eigenvalue weighted by molar-refractivity contribution is -0.132. The predicted octanol–water partition coefficient (Wildman–Crippen LogP) is 31.9. The summed E-state index contributed by atoms with van der Waals surface area (Å²) in [7, 11) is 5.10. The molecule has 16 rings (SSSR count). The fourth-order valence-electron chi connectivity index (χ4n) is 23.1. The van der Waals surface area contributed by atoms with Crippen LogP contribution in [0.3, 0.4) is 0 Å². The van der Waals surface area contributed by atoms with Crippen LogP contribution in [0.5, 0.6) is 69.0 Å². The maximum absolute atomic E-state index is 12.9. The predicted molar refractivity (Wildman–Crippen MR) is 577 cm³/mol. The molecule has 9 unspecified atom stereocenters. The zero-order valence-corrected chi connectivity index (χ0v) is 89.0. The van der Waals surface area contributed by atoms with Gasteiger partial charge in [-0.05, 0) is 365 Å². The third-order valence-electron chi connectivity index (χ3n) is 31.9. The van der Waals surface area contributed by atoms with Crippen LogP contribution >= 0.6 is 0 Å². The Hall–Kier alpha value is -13.7. The maximum Gasteiger partial charge on any atom is 0.519 e. The van der Waals surface area contributed by atoms with Crippen molar-refractivity contribution in [1.82, 2.24) is 0 Å². The molecule has 4 saturated carbocycles. The highest BCUT2D eigenvalue weighted by Crippen LogP contribution is 2.56. The molecule has 18 heteroatoms. The first-order chi connectivity index (χ1) is 69.6. The topological polar surface area (TPSA) is 213 Å². The Bertz CT molecular complexity index is 6430. The quantitative estimate of drug-likeness (QED) is 0.0266. The van der Waals surface area contributed by atoms with E-state index in [2.05, 4.69) is 223 Å². The van der Waals surface area contributed by atoms with Crippen LogP contribution in [0.15, 0.2) is 279 Å². The number of ether oxygens (including phenoxy) is 12. The van der Waals surface area contributed by atoms with Crippen molar-refractivity contribution < 1.29 is 87.0 Å². The summed E-state index contributed by atoms with van der Waals surface area (Å²) in [6.07, 6.45) is 13.3. The Morgan fingerprint density at radius 3 is 0.781 bits per heavy atom.